The van der Waals surface area contributed by atoms with Crippen molar-refractivity contribution in [1.29, 1.82) is 0 Å². The molecule has 0 aliphatic heterocycles. The quantitative estimate of drug-likeness (QED) is 0.677. The lowest BCUT2D eigenvalue weighted by atomic mass is 10.2. The van der Waals surface area contributed by atoms with E-state index < -0.39 is 0 Å². The van der Waals surface area contributed by atoms with E-state index in [9.17, 15) is 0 Å². The summed E-state index contributed by atoms with van der Waals surface area (Å²) in [4.78, 5) is 2.36. The smallest absolute Gasteiger partial charge is 0.0587 e. The summed E-state index contributed by atoms with van der Waals surface area (Å²) in [6.45, 7) is 2.43. The van der Waals surface area contributed by atoms with Crippen molar-refractivity contribution in [3.63, 3.8) is 0 Å². The van der Waals surface area contributed by atoms with Gasteiger partial charge in [0.25, 0.3) is 0 Å². The number of hydrogen-bond donors (Lipinski definition) is 1. The van der Waals surface area contributed by atoms with Crippen LogP contribution in [0.25, 0.3) is 0 Å². The van der Waals surface area contributed by atoms with Crippen LogP contribution in [0, 0.1) is 0 Å². The monoisotopic (exact) mass is 385 g/mol. The van der Waals surface area contributed by atoms with Crippen LogP contribution in [0.2, 0.25) is 5.02 Å². The first-order valence-corrected chi connectivity index (χ1v) is 8.59. The molecule has 0 aliphatic rings. The maximum Gasteiger partial charge on any atom is 0.0587 e. The third kappa shape index (κ3) is 5.64. The summed E-state index contributed by atoms with van der Waals surface area (Å²) >= 11 is 11.3. The van der Waals surface area contributed by atoms with Crippen molar-refractivity contribution in [2.45, 2.75) is 16.3 Å². The predicted octanol–water partition coefficient (Wildman–Crippen LogP) is 4.99. The van der Waals surface area contributed by atoms with E-state index >= 15 is 0 Å². The molecule has 2 nitrogen and oxygen atoms in total. The van der Waals surface area contributed by atoms with E-state index in [0.29, 0.717) is 0 Å². The highest BCUT2D eigenvalue weighted by atomic mass is 79.9. The van der Waals surface area contributed by atoms with Gasteiger partial charge in [0.2, 0.25) is 0 Å². The molecule has 2 rings (SSSR count). The van der Waals surface area contributed by atoms with E-state index in [4.69, 9.17) is 16.3 Å². The van der Waals surface area contributed by atoms with Crippen LogP contribution in [0.1, 0.15) is 5.56 Å². The third-order valence-corrected chi connectivity index (χ3v) is 5.10. The van der Waals surface area contributed by atoms with Gasteiger partial charge in [0.05, 0.1) is 6.61 Å². The molecular weight excluding hydrogens is 370 g/mol. The van der Waals surface area contributed by atoms with Crippen molar-refractivity contribution < 1.29 is 4.74 Å². The maximum absolute atomic E-state index is 5.90. The second-order valence-corrected chi connectivity index (χ2v) is 6.90. The highest BCUT2D eigenvalue weighted by Gasteiger charge is 2.04. The molecule has 112 valence electrons. The lowest BCUT2D eigenvalue weighted by molar-refractivity contribution is 0.199. The summed E-state index contributed by atoms with van der Waals surface area (Å²) in [7, 11) is 1.71. The Bertz CT molecular complexity index is 577. The first kappa shape index (κ1) is 16.8. The van der Waals surface area contributed by atoms with Crippen LogP contribution in [0.3, 0.4) is 0 Å². The molecule has 0 heterocycles. The van der Waals surface area contributed by atoms with E-state index in [2.05, 4.69) is 39.4 Å². The minimum Gasteiger partial charge on any atom is -0.383 e. The third-order valence-electron chi connectivity index (χ3n) is 2.85. The van der Waals surface area contributed by atoms with E-state index in [1.165, 1.54) is 15.4 Å². The zero-order chi connectivity index (χ0) is 15.1. The minimum atomic E-state index is 0.728. The topological polar surface area (TPSA) is 21.3 Å². The van der Waals surface area contributed by atoms with Crippen molar-refractivity contribution in [2.75, 3.05) is 20.3 Å². The fourth-order valence-corrected chi connectivity index (χ4v) is 3.39. The van der Waals surface area contributed by atoms with Crippen LogP contribution in [0.4, 0.5) is 0 Å². The molecule has 0 radical (unpaired) electrons. The van der Waals surface area contributed by atoms with Gasteiger partial charge >= 0.3 is 0 Å². The van der Waals surface area contributed by atoms with Gasteiger partial charge in [-0.15, -0.1) is 0 Å². The highest BCUT2D eigenvalue weighted by molar-refractivity contribution is 9.10. The standard InChI is InChI=1S/C16H17BrClNOS/c1-20-9-8-19-11-12-2-7-16(15(17)10-12)21-14-5-3-13(18)4-6-14/h2-7,10,19H,8-9,11H2,1H3. The lowest BCUT2D eigenvalue weighted by Gasteiger charge is -2.08. The number of ether oxygens (including phenoxy) is 1. The average molecular weight is 387 g/mol. The van der Waals surface area contributed by atoms with Gasteiger partial charge in [-0.1, -0.05) is 29.4 Å². The van der Waals surface area contributed by atoms with Crippen LogP contribution in [0.5, 0.6) is 0 Å². The Morgan fingerprint density at radius 3 is 2.62 bits per heavy atom. The molecule has 0 bridgehead atoms. The molecule has 0 saturated carbocycles. The van der Waals surface area contributed by atoms with E-state index in [1.54, 1.807) is 18.9 Å². The summed E-state index contributed by atoms with van der Waals surface area (Å²) in [5, 5.41) is 4.10. The van der Waals surface area contributed by atoms with Gasteiger partial charge in [-0.25, -0.2) is 0 Å². The van der Waals surface area contributed by atoms with Crippen molar-refractivity contribution in [3.8, 4) is 0 Å². The molecule has 0 unspecified atom stereocenters. The van der Waals surface area contributed by atoms with Crippen LogP contribution < -0.4 is 5.32 Å². The molecular formula is C16H17BrClNOS. The second kappa shape index (κ2) is 8.81. The van der Waals surface area contributed by atoms with Crippen molar-refractivity contribution in [1.82, 2.24) is 5.32 Å². The number of benzene rings is 2. The fraction of sp³-hybridized carbons (Fsp3) is 0.250. The van der Waals surface area contributed by atoms with Crippen LogP contribution >= 0.6 is 39.3 Å². The SMILES string of the molecule is COCCNCc1ccc(Sc2ccc(Cl)cc2)c(Br)c1. The van der Waals surface area contributed by atoms with Crippen molar-refractivity contribution in [3.05, 3.63) is 57.5 Å². The molecule has 0 amide bonds. The normalized spacial score (nSPS) is 10.8. The second-order valence-electron chi connectivity index (χ2n) is 4.49. The molecule has 2 aromatic carbocycles. The molecule has 2 aromatic rings. The van der Waals surface area contributed by atoms with Crippen molar-refractivity contribution in [2.24, 2.45) is 0 Å². The fourth-order valence-electron chi connectivity index (χ4n) is 1.77. The van der Waals surface area contributed by atoms with Gasteiger partial charge in [-0.2, -0.15) is 0 Å². The zero-order valence-corrected chi connectivity index (χ0v) is 14.9. The predicted molar refractivity (Wildman–Crippen MR) is 93.3 cm³/mol. The van der Waals surface area contributed by atoms with Gasteiger partial charge in [0.1, 0.15) is 0 Å². The number of rotatable bonds is 7. The Kier molecular flexibility index (Phi) is 7.07. The summed E-state index contributed by atoms with van der Waals surface area (Å²) in [6.07, 6.45) is 0. The highest BCUT2D eigenvalue weighted by Crippen LogP contribution is 2.34. The van der Waals surface area contributed by atoms with E-state index in [1.807, 2.05) is 24.3 Å². The van der Waals surface area contributed by atoms with Crippen LogP contribution in [0.15, 0.2) is 56.7 Å². The van der Waals surface area contributed by atoms with Gasteiger partial charge in [-0.3, -0.25) is 0 Å². The maximum atomic E-state index is 5.90. The van der Waals surface area contributed by atoms with Crippen molar-refractivity contribution >= 4 is 39.3 Å². The van der Waals surface area contributed by atoms with Gasteiger partial charge in [-0.05, 0) is 57.9 Å². The number of methoxy groups -OCH3 is 1. The van der Waals surface area contributed by atoms with E-state index in [0.717, 1.165) is 29.2 Å². The minimum absolute atomic E-state index is 0.728. The Hall–Kier alpha value is -0.520. The van der Waals surface area contributed by atoms with Crippen LogP contribution in [-0.4, -0.2) is 20.3 Å². The number of hydrogen-bond acceptors (Lipinski definition) is 3. The summed E-state index contributed by atoms with van der Waals surface area (Å²) in [5.41, 5.74) is 1.25. The molecule has 1 N–H and O–H groups in total. The summed E-state index contributed by atoms with van der Waals surface area (Å²) < 4.78 is 6.12. The van der Waals surface area contributed by atoms with Crippen LogP contribution in [-0.2, 0) is 11.3 Å². The zero-order valence-electron chi connectivity index (χ0n) is 11.7. The molecule has 0 saturated heterocycles. The Morgan fingerprint density at radius 2 is 1.95 bits per heavy atom. The Balaban J connectivity index is 1.97. The largest absolute Gasteiger partial charge is 0.383 e. The Morgan fingerprint density at radius 1 is 1.19 bits per heavy atom. The molecule has 0 aliphatic carbocycles. The number of halogens is 2. The molecule has 0 spiro atoms. The van der Waals surface area contributed by atoms with Gasteiger partial charge in [0.15, 0.2) is 0 Å². The first-order chi connectivity index (χ1) is 10.2. The lowest BCUT2D eigenvalue weighted by Crippen LogP contribution is -2.18. The first-order valence-electron chi connectivity index (χ1n) is 6.60. The average Bonchev–Trinajstić information content (AvgIpc) is 2.48. The Labute approximate surface area is 143 Å². The number of nitrogens with one attached hydrogen (secondary N) is 1. The molecule has 0 aromatic heterocycles. The van der Waals surface area contributed by atoms with Gasteiger partial charge in [0, 0.05) is 39.5 Å². The molecule has 5 heteroatoms. The molecule has 0 atom stereocenters. The summed E-state index contributed by atoms with van der Waals surface area (Å²) in [6, 6.07) is 14.3. The van der Waals surface area contributed by atoms with E-state index in [-0.39, 0.29) is 0 Å². The molecule has 0 fully saturated rings. The van der Waals surface area contributed by atoms with Gasteiger partial charge < -0.3 is 10.1 Å². The summed E-state index contributed by atoms with van der Waals surface area (Å²) in [5.74, 6) is 0. The molecule has 21 heavy (non-hydrogen) atoms.